The summed E-state index contributed by atoms with van der Waals surface area (Å²) in [4.78, 5) is 26.1. The van der Waals surface area contributed by atoms with E-state index < -0.39 is 6.03 Å². The van der Waals surface area contributed by atoms with Gasteiger partial charge in [0.05, 0.1) is 0 Å². The lowest BCUT2D eigenvalue weighted by Gasteiger charge is -2.43. The highest BCUT2D eigenvalue weighted by molar-refractivity contribution is 6.04. The van der Waals surface area contributed by atoms with Crippen LogP contribution in [0.4, 0.5) is 4.79 Å². The molecule has 5 nitrogen and oxygen atoms in total. The Morgan fingerprint density at radius 2 is 1.73 bits per heavy atom. The molecule has 5 heteroatoms. The van der Waals surface area contributed by atoms with E-state index in [0.717, 1.165) is 12.8 Å². The molecule has 0 saturated heterocycles. The Morgan fingerprint density at radius 3 is 2.32 bits per heavy atom. The van der Waals surface area contributed by atoms with Crippen molar-refractivity contribution in [3.63, 3.8) is 0 Å². The molecule has 0 aliphatic heterocycles. The number of nitrogens with one attached hydrogen (secondary N) is 2. The number of amides is 3. The summed E-state index contributed by atoms with van der Waals surface area (Å²) in [5.41, 5.74) is 0.489. The zero-order chi connectivity index (χ0) is 16.0. The van der Waals surface area contributed by atoms with E-state index in [2.05, 4.69) is 29.6 Å². The maximum Gasteiger partial charge on any atom is 0.321 e. The average molecular weight is 303 g/mol. The number of benzene rings is 1. The van der Waals surface area contributed by atoms with Crippen LogP contribution in [0.3, 0.4) is 0 Å². The number of nitrogens with zero attached hydrogens (tertiary/aromatic N) is 1. The van der Waals surface area contributed by atoms with Crippen LogP contribution in [-0.2, 0) is 0 Å². The summed E-state index contributed by atoms with van der Waals surface area (Å²) >= 11 is 0. The van der Waals surface area contributed by atoms with Crippen molar-refractivity contribution in [3.05, 3.63) is 35.9 Å². The summed E-state index contributed by atoms with van der Waals surface area (Å²) in [5, 5.41) is 5.25. The van der Waals surface area contributed by atoms with E-state index in [9.17, 15) is 9.59 Å². The van der Waals surface area contributed by atoms with Gasteiger partial charge in [-0.2, -0.15) is 0 Å². The molecule has 1 saturated carbocycles. The second-order valence-corrected chi connectivity index (χ2v) is 6.18. The maximum atomic E-state index is 12.0. The Hall–Kier alpha value is -1.88. The number of imide groups is 1. The van der Waals surface area contributed by atoms with Crippen molar-refractivity contribution in [2.24, 2.45) is 0 Å². The summed E-state index contributed by atoms with van der Waals surface area (Å²) < 4.78 is 0. The highest BCUT2D eigenvalue weighted by atomic mass is 16.2. The molecule has 2 rings (SSSR count). The average Bonchev–Trinajstić information content (AvgIpc) is 2.54. The molecule has 1 aromatic rings. The number of likely N-dealkylation sites (N-methyl/N-ethyl adjacent to an activating group) is 1. The Morgan fingerprint density at radius 1 is 1.09 bits per heavy atom. The van der Waals surface area contributed by atoms with E-state index >= 15 is 0 Å². The molecule has 3 amide bonds. The van der Waals surface area contributed by atoms with E-state index in [1.807, 2.05) is 6.07 Å². The third kappa shape index (κ3) is 4.07. The van der Waals surface area contributed by atoms with Crippen molar-refractivity contribution >= 4 is 11.9 Å². The zero-order valence-corrected chi connectivity index (χ0v) is 13.4. The van der Waals surface area contributed by atoms with Gasteiger partial charge in [-0.15, -0.1) is 0 Å². The molecule has 0 radical (unpaired) electrons. The highest BCUT2D eigenvalue weighted by Gasteiger charge is 2.34. The quantitative estimate of drug-likeness (QED) is 0.898. The molecule has 2 N–H and O–H groups in total. The van der Waals surface area contributed by atoms with Crippen molar-refractivity contribution in [1.29, 1.82) is 0 Å². The maximum absolute atomic E-state index is 12.0. The van der Waals surface area contributed by atoms with Crippen molar-refractivity contribution in [1.82, 2.24) is 15.5 Å². The van der Waals surface area contributed by atoms with Crippen molar-refractivity contribution in [2.45, 2.75) is 37.6 Å². The van der Waals surface area contributed by atoms with Gasteiger partial charge in [0.25, 0.3) is 5.91 Å². The molecule has 22 heavy (non-hydrogen) atoms. The number of hydrogen-bond donors (Lipinski definition) is 2. The Bertz CT molecular complexity index is 508. The monoisotopic (exact) mass is 303 g/mol. The predicted molar refractivity (Wildman–Crippen MR) is 86.8 cm³/mol. The van der Waals surface area contributed by atoms with E-state index in [1.165, 1.54) is 19.3 Å². The summed E-state index contributed by atoms with van der Waals surface area (Å²) in [6.07, 6.45) is 5.78. The first kappa shape index (κ1) is 16.5. The molecule has 0 spiro atoms. The molecule has 1 aliphatic carbocycles. The second-order valence-electron chi connectivity index (χ2n) is 6.18. The van der Waals surface area contributed by atoms with E-state index in [0.29, 0.717) is 12.1 Å². The Kier molecular flexibility index (Phi) is 5.55. The van der Waals surface area contributed by atoms with Gasteiger partial charge in [-0.1, -0.05) is 37.5 Å². The third-order valence-electron chi connectivity index (χ3n) is 4.57. The molecule has 0 atom stereocenters. The van der Waals surface area contributed by atoms with Gasteiger partial charge >= 0.3 is 6.03 Å². The van der Waals surface area contributed by atoms with Crippen LogP contribution in [0.25, 0.3) is 0 Å². The van der Waals surface area contributed by atoms with Crippen LogP contribution in [0.2, 0.25) is 0 Å². The Balaban J connectivity index is 1.87. The summed E-state index contributed by atoms with van der Waals surface area (Å²) in [6.45, 7) is 0.563. The SMILES string of the molecule is CN(C)C1(CNC(=O)NC(=O)c2ccccc2)CCCCC1. The van der Waals surface area contributed by atoms with Gasteiger partial charge in [0.15, 0.2) is 0 Å². The van der Waals surface area contributed by atoms with Crippen molar-refractivity contribution in [2.75, 3.05) is 20.6 Å². The van der Waals surface area contributed by atoms with Crippen LogP contribution < -0.4 is 10.6 Å². The largest absolute Gasteiger partial charge is 0.336 e. The minimum atomic E-state index is -0.430. The standard InChI is InChI=1S/C17H25N3O2/c1-20(2)17(11-7-4-8-12-17)13-18-16(22)19-15(21)14-9-5-3-6-10-14/h3,5-6,9-10H,4,7-8,11-13H2,1-2H3,(H2,18,19,21,22). The zero-order valence-electron chi connectivity index (χ0n) is 13.4. The molecule has 0 aromatic heterocycles. The lowest BCUT2D eigenvalue weighted by atomic mass is 9.80. The molecule has 120 valence electrons. The predicted octanol–water partition coefficient (Wildman–Crippen LogP) is 2.39. The molecule has 1 fully saturated rings. The smallest absolute Gasteiger partial charge is 0.321 e. The number of carbonyl (C=O) groups is 2. The minimum absolute atomic E-state index is 0.00534. The first-order valence-corrected chi connectivity index (χ1v) is 7.85. The Labute approximate surface area is 132 Å². The first-order chi connectivity index (χ1) is 10.5. The molecule has 0 unspecified atom stereocenters. The van der Waals surface area contributed by atoms with Crippen LogP contribution >= 0.6 is 0 Å². The number of urea groups is 1. The number of hydrogen-bond acceptors (Lipinski definition) is 3. The molecule has 0 heterocycles. The number of rotatable bonds is 4. The first-order valence-electron chi connectivity index (χ1n) is 7.85. The fraction of sp³-hybridized carbons (Fsp3) is 0.529. The summed E-state index contributed by atoms with van der Waals surface area (Å²) in [7, 11) is 4.11. The topological polar surface area (TPSA) is 61.4 Å². The third-order valence-corrected chi connectivity index (χ3v) is 4.57. The van der Waals surface area contributed by atoms with E-state index in [1.54, 1.807) is 24.3 Å². The van der Waals surface area contributed by atoms with Gasteiger partial charge in [0, 0.05) is 17.6 Å². The lowest BCUT2D eigenvalue weighted by Crippen LogP contribution is -2.55. The molecule has 1 aromatic carbocycles. The molecule has 0 bridgehead atoms. The second kappa shape index (κ2) is 7.40. The normalized spacial score (nSPS) is 17.0. The van der Waals surface area contributed by atoms with E-state index in [-0.39, 0.29) is 11.4 Å². The molecular formula is C17H25N3O2. The fourth-order valence-corrected chi connectivity index (χ4v) is 3.05. The van der Waals surface area contributed by atoms with Gasteiger partial charge in [0.2, 0.25) is 0 Å². The minimum Gasteiger partial charge on any atom is -0.336 e. The van der Waals surface area contributed by atoms with Crippen molar-refractivity contribution < 1.29 is 9.59 Å². The van der Waals surface area contributed by atoms with Crippen LogP contribution in [0.5, 0.6) is 0 Å². The highest BCUT2D eigenvalue weighted by Crippen LogP contribution is 2.31. The summed E-state index contributed by atoms with van der Waals surface area (Å²) in [6, 6.07) is 8.32. The molecule has 1 aliphatic rings. The van der Waals surface area contributed by atoms with Crippen LogP contribution in [-0.4, -0.2) is 43.0 Å². The van der Waals surface area contributed by atoms with Crippen LogP contribution in [0.1, 0.15) is 42.5 Å². The van der Waals surface area contributed by atoms with Gasteiger partial charge in [-0.05, 0) is 39.1 Å². The van der Waals surface area contributed by atoms with E-state index in [4.69, 9.17) is 0 Å². The molecular weight excluding hydrogens is 278 g/mol. The van der Waals surface area contributed by atoms with Crippen LogP contribution in [0, 0.1) is 0 Å². The van der Waals surface area contributed by atoms with Gasteiger partial charge in [-0.25, -0.2) is 4.79 Å². The summed E-state index contributed by atoms with van der Waals surface area (Å²) in [5.74, 6) is -0.374. The van der Waals surface area contributed by atoms with Gasteiger partial charge in [0.1, 0.15) is 0 Å². The van der Waals surface area contributed by atoms with Gasteiger partial charge < -0.3 is 10.2 Å². The van der Waals surface area contributed by atoms with Gasteiger partial charge in [-0.3, -0.25) is 10.1 Å². The van der Waals surface area contributed by atoms with Crippen molar-refractivity contribution in [3.8, 4) is 0 Å². The number of carbonyl (C=O) groups excluding carboxylic acids is 2. The lowest BCUT2D eigenvalue weighted by molar-refractivity contribution is 0.0937. The fourth-order valence-electron chi connectivity index (χ4n) is 3.05. The van der Waals surface area contributed by atoms with Crippen LogP contribution in [0.15, 0.2) is 30.3 Å².